The van der Waals surface area contributed by atoms with Crippen molar-refractivity contribution in [2.24, 2.45) is 5.73 Å². The van der Waals surface area contributed by atoms with E-state index < -0.39 is 39.0 Å². The summed E-state index contributed by atoms with van der Waals surface area (Å²) in [6, 6.07) is 9.85. The Balaban J connectivity index is 1.84. The van der Waals surface area contributed by atoms with Gasteiger partial charge in [0.1, 0.15) is 10.9 Å². The van der Waals surface area contributed by atoms with E-state index in [-0.39, 0.29) is 6.54 Å². The monoisotopic (exact) mass is 520 g/mol. The van der Waals surface area contributed by atoms with Crippen molar-refractivity contribution in [2.45, 2.75) is 50.5 Å². The third-order valence-corrected chi connectivity index (χ3v) is 8.46. The van der Waals surface area contributed by atoms with Gasteiger partial charge in [0.25, 0.3) is 0 Å². The molecule has 1 saturated heterocycles. The molecule has 2 aromatic rings. The normalized spacial score (nSPS) is 17.5. The molecule has 2 heterocycles. The van der Waals surface area contributed by atoms with Crippen LogP contribution in [0.1, 0.15) is 43.7 Å². The zero-order valence-electron chi connectivity index (χ0n) is 20.1. The summed E-state index contributed by atoms with van der Waals surface area (Å²) in [6.07, 6.45) is 2.06. The van der Waals surface area contributed by atoms with Crippen molar-refractivity contribution in [3.63, 3.8) is 0 Å². The van der Waals surface area contributed by atoms with E-state index in [2.05, 4.69) is 16.6 Å². The smallest absolute Gasteiger partial charge is 0.410 e. The molecule has 1 aliphatic rings. The number of primary amides is 1. The van der Waals surface area contributed by atoms with Gasteiger partial charge in [-0.3, -0.25) is 0 Å². The SMILES string of the molecule is C=CC(c1sc(-c2ccccc2)cc1NC(N)=O)S(=O)(=O)N[C@H]1CCCN(C(=O)OC(C)(C)C)C1. The van der Waals surface area contributed by atoms with Crippen molar-refractivity contribution in [2.75, 3.05) is 18.4 Å². The number of ether oxygens (including phenoxy) is 1. The molecular formula is C24H32N4O5S2. The van der Waals surface area contributed by atoms with Gasteiger partial charge in [0.05, 0.1) is 10.6 Å². The summed E-state index contributed by atoms with van der Waals surface area (Å²) in [5.74, 6) is 0. The van der Waals surface area contributed by atoms with Crippen LogP contribution in [0.15, 0.2) is 49.1 Å². The van der Waals surface area contributed by atoms with Crippen LogP contribution in [0.3, 0.4) is 0 Å². The molecule has 35 heavy (non-hydrogen) atoms. The number of likely N-dealkylation sites (tertiary alicyclic amines) is 1. The molecule has 1 aromatic carbocycles. The predicted octanol–water partition coefficient (Wildman–Crippen LogP) is 4.45. The number of nitrogens with zero attached hydrogens (tertiary/aromatic N) is 1. The average Bonchev–Trinajstić information content (AvgIpc) is 3.16. The maximum atomic E-state index is 13.5. The van der Waals surface area contributed by atoms with E-state index in [1.165, 1.54) is 22.3 Å². The molecule has 2 atom stereocenters. The quantitative estimate of drug-likeness (QED) is 0.464. The summed E-state index contributed by atoms with van der Waals surface area (Å²) in [4.78, 5) is 26.8. The first kappa shape index (κ1) is 26.7. The third-order valence-electron chi connectivity index (χ3n) is 5.29. The highest BCUT2D eigenvalue weighted by Crippen LogP contribution is 2.41. The van der Waals surface area contributed by atoms with Crippen LogP contribution in [0.5, 0.6) is 0 Å². The van der Waals surface area contributed by atoms with Gasteiger partial charge in [-0.2, -0.15) is 0 Å². The summed E-state index contributed by atoms with van der Waals surface area (Å²) in [5, 5.41) is 1.40. The Morgan fingerprint density at radius 2 is 1.97 bits per heavy atom. The van der Waals surface area contributed by atoms with E-state index in [9.17, 15) is 18.0 Å². The van der Waals surface area contributed by atoms with E-state index in [1.54, 1.807) is 26.8 Å². The van der Waals surface area contributed by atoms with Crippen LogP contribution in [0.4, 0.5) is 15.3 Å². The van der Waals surface area contributed by atoms with Gasteiger partial charge in [0.15, 0.2) is 0 Å². The number of hydrogen-bond acceptors (Lipinski definition) is 6. The zero-order valence-corrected chi connectivity index (χ0v) is 21.7. The summed E-state index contributed by atoms with van der Waals surface area (Å²) in [5.41, 5.74) is 5.90. The highest BCUT2D eigenvalue weighted by molar-refractivity contribution is 7.90. The second kappa shape index (κ2) is 10.8. The number of sulfonamides is 1. The highest BCUT2D eigenvalue weighted by atomic mass is 32.2. The number of hydrogen-bond donors (Lipinski definition) is 3. The second-order valence-corrected chi connectivity index (χ2v) is 12.2. The largest absolute Gasteiger partial charge is 0.444 e. The van der Waals surface area contributed by atoms with Gasteiger partial charge >= 0.3 is 12.1 Å². The molecule has 190 valence electrons. The lowest BCUT2D eigenvalue weighted by Gasteiger charge is -2.34. The van der Waals surface area contributed by atoms with Gasteiger partial charge in [-0.1, -0.05) is 36.4 Å². The number of amides is 3. The molecular weight excluding hydrogens is 488 g/mol. The Bertz CT molecular complexity index is 1170. The predicted molar refractivity (Wildman–Crippen MR) is 139 cm³/mol. The first-order chi connectivity index (χ1) is 16.4. The maximum absolute atomic E-state index is 13.5. The molecule has 0 saturated carbocycles. The van der Waals surface area contributed by atoms with Crippen molar-refractivity contribution in [3.05, 3.63) is 53.9 Å². The minimum atomic E-state index is -3.97. The lowest BCUT2D eigenvalue weighted by molar-refractivity contribution is 0.0195. The standard InChI is InChI=1S/C24H32N4O5S2/c1-5-20(21-18(26-22(25)29)14-19(34-21)16-10-7-6-8-11-16)35(31,32)27-17-12-9-13-28(15-17)23(30)33-24(2,3)4/h5-8,10-11,14,17,20,27H,1,9,12-13,15H2,2-4H3,(H3,25,26,29)/t17-,20?/m0/s1. The van der Waals surface area contributed by atoms with E-state index in [0.29, 0.717) is 30.0 Å². The van der Waals surface area contributed by atoms with Crippen LogP contribution < -0.4 is 15.8 Å². The lowest BCUT2D eigenvalue weighted by atomic mass is 10.1. The molecule has 9 nitrogen and oxygen atoms in total. The Morgan fingerprint density at radius 3 is 2.57 bits per heavy atom. The van der Waals surface area contributed by atoms with E-state index in [0.717, 1.165) is 10.4 Å². The van der Waals surface area contributed by atoms with Crippen molar-refractivity contribution >= 4 is 39.2 Å². The molecule has 11 heteroatoms. The lowest BCUT2D eigenvalue weighted by Crippen LogP contribution is -2.51. The molecule has 3 amide bonds. The number of nitrogens with one attached hydrogen (secondary N) is 2. The highest BCUT2D eigenvalue weighted by Gasteiger charge is 2.34. The van der Waals surface area contributed by atoms with Crippen molar-refractivity contribution in [1.82, 2.24) is 9.62 Å². The number of rotatable bonds is 7. The molecule has 1 aromatic heterocycles. The summed E-state index contributed by atoms with van der Waals surface area (Å²) in [6.45, 7) is 9.79. The third kappa shape index (κ3) is 7.06. The number of nitrogens with two attached hydrogens (primary N) is 1. The maximum Gasteiger partial charge on any atom is 0.410 e. The zero-order chi connectivity index (χ0) is 25.8. The Morgan fingerprint density at radius 1 is 1.29 bits per heavy atom. The molecule has 1 aliphatic heterocycles. The fraction of sp³-hybridized carbons (Fsp3) is 0.417. The minimum Gasteiger partial charge on any atom is -0.444 e. The Kier molecular flexibility index (Phi) is 8.24. The van der Waals surface area contributed by atoms with E-state index in [4.69, 9.17) is 10.5 Å². The summed E-state index contributed by atoms with van der Waals surface area (Å²) < 4.78 is 35.1. The topological polar surface area (TPSA) is 131 Å². The molecule has 0 bridgehead atoms. The van der Waals surface area contributed by atoms with Gasteiger partial charge in [-0.25, -0.2) is 22.7 Å². The second-order valence-electron chi connectivity index (χ2n) is 9.33. The van der Waals surface area contributed by atoms with Crippen molar-refractivity contribution in [3.8, 4) is 10.4 Å². The van der Waals surface area contributed by atoms with Crippen LogP contribution >= 0.6 is 11.3 Å². The van der Waals surface area contributed by atoms with Crippen molar-refractivity contribution < 1.29 is 22.7 Å². The van der Waals surface area contributed by atoms with Gasteiger partial charge in [-0.05, 0) is 45.2 Å². The van der Waals surface area contributed by atoms with Crippen LogP contribution in [-0.2, 0) is 14.8 Å². The molecule has 0 aliphatic carbocycles. The number of urea groups is 1. The molecule has 1 unspecified atom stereocenters. The minimum absolute atomic E-state index is 0.199. The van der Waals surface area contributed by atoms with E-state index in [1.807, 2.05) is 30.3 Å². The Labute approximate surface area is 210 Å². The Hall–Kier alpha value is -2.89. The summed E-state index contributed by atoms with van der Waals surface area (Å²) in [7, 11) is -3.97. The molecule has 4 N–H and O–H groups in total. The van der Waals surface area contributed by atoms with Crippen LogP contribution in [0.25, 0.3) is 10.4 Å². The number of thiophene rings is 1. The molecule has 0 radical (unpaired) electrons. The molecule has 0 spiro atoms. The number of carbonyl (C=O) groups excluding carboxylic acids is 2. The van der Waals surface area contributed by atoms with Gasteiger partial charge < -0.3 is 20.7 Å². The first-order valence-corrected chi connectivity index (χ1v) is 13.6. The average molecular weight is 521 g/mol. The summed E-state index contributed by atoms with van der Waals surface area (Å²) >= 11 is 1.24. The number of carbonyl (C=O) groups is 2. The molecule has 1 fully saturated rings. The number of piperidine rings is 1. The molecule has 3 rings (SSSR count). The van der Waals surface area contributed by atoms with Crippen LogP contribution in [0, 0.1) is 0 Å². The van der Waals surface area contributed by atoms with E-state index >= 15 is 0 Å². The number of anilines is 1. The van der Waals surface area contributed by atoms with Gasteiger partial charge in [-0.15, -0.1) is 17.9 Å². The van der Waals surface area contributed by atoms with Gasteiger partial charge in [0, 0.05) is 24.0 Å². The fourth-order valence-electron chi connectivity index (χ4n) is 3.84. The number of benzene rings is 1. The fourth-order valence-corrected chi connectivity index (χ4v) is 6.93. The van der Waals surface area contributed by atoms with Crippen LogP contribution in [-0.4, -0.2) is 50.2 Å². The van der Waals surface area contributed by atoms with Crippen LogP contribution in [0.2, 0.25) is 0 Å². The van der Waals surface area contributed by atoms with Crippen molar-refractivity contribution in [1.29, 1.82) is 0 Å². The van der Waals surface area contributed by atoms with Gasteiger partial charge in [0.2, 0.25) is 10.0 Å². The first-order valence-electron chi connectivity index (χ1n) is 11.3.